The first-order valence-corrected chi connectivity index (χ1v) is 10.1. The Bertz CT molecular complexity index is 652. The van der Waals surface area contributed by atoms with E-state index in [1.54, 1.807) is 6.92 Å². The van der Waals surface area contributed by atoms with E-state index in [4.69, 9.17) is 0 Å². The molecular weight excluding hydrogens is 372 g/mol. The van der Waals surface area contributed by atoms with Gasteiger partial charge in [-0.3, -0.25) is 19.2 Å². The number of ketones is 1. The van der Waals surface area contributed by atoms with Crippen LogP contribution in [0.5, 0.6) is 0 Å². The van der Waals surface area contributed by atoms with Crippen LogP contribution in [0.25, 0.3) is 0 Å². The summed E-state index contributed by atoms with van der Waals surface area (Å²) in [4.78, 5) is 47.5. The Labute approximate surface area is 179 Å². The Balaban J connectivity index is -0.000000423. The van der Waals surface area contributed by atoms with Crippen LogP contribution in [0.1, 0.15) is 45.4 Å². The van der Waals surface area contributed by atoms with Gasteiger partial charge < -0.3 is 21.3 Å². The normalized spacial score (nSPS) is 10.8. The summed E-state index contributed by atoms with van der Waals surface area (Å²) in [6, 6.07) is 8.40. The van der Waals surface area contributed by atoms with Crippen molar-refractivity contribution in [3.8, 4) is 0 Å². The van der Waals surface area contributed by atoms with E-state index in [1.165, 1.54) is 0 Å². The predicted molar refractivity (Wildman–Crippen MR) is 122 cm³/mol. The number of amides is 3. The number of nitrogens with one attached hydrogen (secondary N) is 4. The fourth-order valence-corrected chi connectivity index (χ4v) is 2.22. The minimum Gasteiger partial charge on any atom is -0.347 e. The van der Waals surface area contributed by atoms with Gasteiger partial charge in [-0.15, -0.1) is 0 Å². The molecule has 0 bridgehead atoms. The maximum atomic E-state index is 12.4. The molecule has 0 aliphatic heterocycles. The molecule has 3 amide bonds. The maximum Gasteiger partial charge on any atom is 0.243 e. The summed E-state index contributed by atoms with van der Waals surface area (Å²) in [6.07, 6.45) is 0.609. The highest BCUT2D eigenvalue weighted by Crippen LogP contribution is 2.03. The molecule has 1 unspecified atom stereocenters. The molecule has 8 heteroatoms. The molecule has 4 N–H and O–H groups in total. The quantitative estimate of drug-likeness (QED) is 0.414. The van der Waals surface area contributed by atoms with Gasteiger partial charge in [0.1, 0.15) is 6.04 Å². The number of Topliss-reactive ketones (excluding diaryl/α,β-unsaturated/α-hetero) is 1. The smallest absolute Gasteiger partial charge is 0.243 e. The molecule has 0 aliphatic rings. The van der Waals surface area contributed by atoms with E-state index < -0.39 is 17.9 Å². The molecule has 0 saturated carbocycles. The van der Waals surface area contributed by atoms with Crippen molar-refractivity contribution in [3.63, 3.8) is 0 Å². The largest absolute Gasteiger partial charge is 0.347 e. The van der Waals surface area contributed by atoms with Gasteiger partial charge in [0.15, 0.2) is 5.78 Å². The third kappa shape index (κ3) is 12.4. The molecule has 1 rings (SSSR count). The molecule has 0 aliphatic carbocycles. The lowest BCUT2D eigenvalue weighted by Gasteiger charge is -2.19. The molecule has 0 fully saturated rings. The van der Waals surface area contributed by atoms with Crippen LogP contribution in [-0.2, 0) is 25.6 Å². The lowest BCUT2D eigenvalue weighted by Crippen LogP contribution is -2.51. The lowest BCUT2D eigenvalue weighted by molar-refractivity contribution is -0.130. The van der Waals surface area contributed by atoms with E-state index >= 15 is 0 Å². The average Bonchev–Trinajstić information content (AvgIpc) is 2.75. The fraction of sp³-hybridized carbons (Fsp3) is 0.524. The second-order valence-electron chi connectivity index (χ2n) is 5.98. The highest BCUT2D eigenvalue weighted by molar-refractivity contribution is 5.92. The van der Waals surface area contributed by atoms with Gasteiger partial charge in [0.25, 0.3) is 0 Å². The summed E-state index contributed by atoms with van der Waals surface area (Å²) in [6.45, 7) is 8.06. The molecule has 0 aromatic heterocycles. The van der Waals surface area contributed by atoms with Crippen molar-refractivity contribution >= 4 is 23.5 Å². The van der Waals surface area contributed by atoms with Crippen molar-refractivity contribution < 1.29 is 24.9 Å². The van der Waals surface area contributed by atoms with Gasteiger partial charge in [-0.05, 0) is 12.1 Å². The number of hydrogen-bond donors (Lipinski definition) is 4. The van der Waals surface area contributed by atoms with Crippen LogP contribution in [0.3, 0.4) is 0 Å². The molecule has 0 radical (unpaired) electrons. The first kappa shape index (κ1) is 26.3. The van der Waals surface area contributed by atoms with Crippen molar-refractivity contribution in [2.75, 3.05) is 26.2 Å². The third-order valence-electron chi connectivity index (χ3n) is 3.77. The van der Waals surface area contributed by atoms with E-state index in [1.807, 2.05) is 51.1 Å². The number of likely N-dealkylation sites (N-methyl/N-ethyl adjacent to an activating group) is 1. The van der Waals surface area contributed by atoms with E-state index in [0.29, 0.717) is 13.0 Å². The fourth-order valence-electron chi connectivity index (χ4n) is 2.22. The zero-order valence-electron chi connectivity index (χ0n) is 17.8. The number of carbonyl (C=O) groups excluding carboxylic acids is 4. The molecule has 1 atom stereocenters. The monoisotopic (exact) mass is 414 g/mol. The third-order valence-corrected chi connectivity index (χ3v) is 3.77. The number of rotatable bonds is 12. The minimum atomic E-state index is -0.838. The number of hydrogen-bond acceptors (Lipinski definition) is 5. The first-order chi connectivity index (χ1) is 14.0. The molecule has 0 saturated heterocycles. The summed E-state index contributed by atoms with van der Waals surface area (Å²) in [7, 11) is 0. The summed E-state index contributed by atoms with van der Waals surface area (Å²) >= 11 is 0. The van der Waals surface area contributed by atoms with Crippen molar-refractivity contribution in [1.82, 2.24) is 21.3 Å². The van der Waals surface area contributed by atoms with Gasteiger partial charge in [-0.1, -0.05) is 58.0 Å². The van der Waals surface area contributed by atoms with Crippen molar-refractivity contribution in [2.24, 2.45) is 0 Å². The van der Waals surface area contributed by atoms with Crippen LogP contribution in [0, 0.1) is 0 Å². The second kappa shape index (κ2) is 16.2. The molecule has 1 aromatic rings. The number of benzene rings is 1. The molecule has 8 nitrogen and oxygen atoms in total. The molecule has 170 valence electrons. The summed E-state index contributed by atoms with van der Waals surface area (Å²) in [5.74, 6) is -1.31. The van der Waals surface area contributed by atoms with Crippen LogP contribution < -0.4 is 21.3 Å². The van der Waals surface area contributed by atoms with Crippen molar-refractivity contribution in [3.05, 3.63) is 35.9 Å². The molecule has 1 aromatic carbocycles. The Morgan fingerprint density at radius 1 is 0.897 bits per heavy atom. The van der Waals surface area contributed by atoms with E-state index in [9.17, 15) is 19.2 Å². The summed E-state index contributed by atoms with van der Waals surface area (Å²) < 4.78 is 0. The first-order valence-electron chi connectivity index (χ1n) is 10.1. The minimum absolute atomic E-state index is 0. The van der Waals surface area contributed by atoms with Crippen LogP contribution in [0.15, 0.2) is 30.3 Å². The van der Waals surface area contributed by atoms with Crippen LogP contribution in [-0.4, -0.2) is 55.7 Å². The Morgan fingerprint density at radius 2 is 1.55 bits per heavy atom. The zero-order chi connectivity index (χ0) is 22.1. The maximum absolute atomic E-state index is 12.4. The van der Waals surface area contributed by atoms with Crippen molar-refractivity contribution in [2.45, 2.75) is 46.6 Å². The van der Waals surface area contributed by atoms with E-state index in [2.05, 4.69) is 21.3 Å². The number of carbonyl (C=O) groups is 4. The van der Waals surface area contributed by atoms with Gasteiger partial charge in [0, 0.05) is 18.5 Å². The molecule has 29 heavy (non-hydrogen) atoms. The van der Waals surface area contributed by atoms with Crippen molar-refractivity contribution in [1.29, 1.82) is 0 Å². The topological polar surface area (TPSA) is 116 Å². The lowest BCUT2D eigenvalue weighted by atomic mass is 10.1. The van der Waals surface area contributed by atoms with Crippen LogP contribution in [0.2, 0.25) is 0 Å². The standard InChI is InChI=1S/C19H28N4O4.C2H6.4H2/c1-3-15(24)11-22-19(27)16(10-14-8-6-5-7-9-14)23-18(26)13-21-17(25)12-20-4-2;1-2;;;;/h5-9,16,20H,3-4,10-13H2,1-2H3,(H,21,25)(H,22,27)(H,23,26);1-2H3;4*1H. The molecule has 0 spiro atoms. The molecule has 0 heterocycles. The Kier molecular flexibility index (Phi) is 14.7. The highest BCUT2D eigenvalue weighted by Gasteiger charge is 2.21. The van der Waals surface area contributed by atoms with Gasteiger partial charge >= 0.3 is 0 Å². The Morgan fingerprint density at radius 3 is 2.14 bits per heavy atom. The second-order valence-corrected chi connectivity index (χ2v) is 5.98. The average molecular weight is 415 g/mol. The zero-order valence-corrected chi connectivity index (χ0v) is 17.8. The summed E-state index contributed by atoms with van der Waals surface area (Å²) in [5.41, 5.74) is 0.871. The van der Waals surface area contributed by atoms with Crippen LogP contribution in [0.4, 0.5) is 0 Å². The Hall–Kier alpha value is -2.74. The highest BCUT2D eigenvalue weighted by atomic mass is 16.2. The van der Waals surface area contributed by atoms with Crippen LogP contribution >= 0.6 is 0 Å². The van der Waals surface area contributed by atoms with Gasteiger partial charge in [-0.2, -0.15) is 0 Å². The van der Waals surface area contributed by atoms with Gasteiger partial charge in [-0.25, -0.2) is 0 Å². The van der Waals surface area contributed by atoms with E-state index in [-0.39, 0.29) is 43.5 Å². The molecular formula is C21H42N4O4. The van der Waals surface area contributed by atoms with E-state index in [0.717, 1.165) is 5.56 Å². The van der Waals surface area contributed by atoms with Gasteiger partial charge in [0.05, 0.1) is 19.6 Å². The summed E-state index contributed by atoms with van der Waals surface area (Å²) in [5, 5.41) is 10.5. The predicted octanol–water partition coefficient (Wildman–Crippen LogP) is 1.55. The van der Waals surface area contributed by atoms with Gasteiger partial charge in [0.2, 0.25) is 17.7 Å². The SMILES string of the molecule is CC.CCNCC(=O)NCC(=O)NC(Cc1ccccc1)C(=O)NCC(=O)CC.[HH].[HH].[HH].[HH].